The predicted molar refractivity (Wildman–Crippen MR) is 132 cm³/mol. The van der Waals surface area contributed by atoms with E-state index in [2.05, 4.69) is 10.3 Å². The molecule has 3 rings (SSSR count). The lowest BCUT2D eigenvalue weighted by Crippen LogP contribution is -2.47. The summed E-state index contributed by atoms with van der Waals surface area (Å²) < 4.78 is 117. The van der Waals surface area contributed by atoms with Crippen LogP contribution in [0.1, 0.15) is 54.5 Å². The second-order valence-corrected chi connectivity index (χ2v) is 12.6. The average Bonchev–Trinajstić information content (AvgIpc) is 3.16. The number of amides is 1. The molecule has 1 aliphatic rings. The summed E-state index contributed by atoms with van der Waals surface area (Å²) in [4.78, 5) is 17.0. The second-order valence-electron chi connectivity index (χ2n) is 9.91. The Kier molecular flexibility index (Phi) is 9.22. The van der Waals surface area contributed by atoms with Gasteiger partial charge in [-0.15, -0.1) is 0 Å². The number of aliphatic hydroxyl groups is 1. The number of benzene rings is 1. The molecular formula is C24H27ClF7N3O4S. The number of rotatable bonds is 8. The van der Waals surface area contributed by atoms with E-state index in [1.807, 2.05) is 0 Å². The molecular weight excluding hydrogens is 595 g/mol. The summed E-state index contributed by atoms with van der Waals surface area (Å²) in [7, 11) is -3.27. The third kappa shape index (κ3) is 7.27. The van der Waals surface area contributed by atoms with Gasteiger partial charge in [-0.3, -0.25) is 9.36 Å². The molecule has 16 heteroatoms. The van der Waals surface area contributed by atoms with Gasteiger partial charge in [-0.05, 0) is 49.8 Å². The maximum Gasteiger partial charge on any atom is 0.400 e. The van der Waals surface area contributed by atoms with Crippen molar-refractivity contribution in [3.8, 4) is 5.69 Å². The highest BCUT2D eigenvalue weighted by Gasteiger charge is 2.56. The first-order valence-corrected chi connectivity index (χ1v) is 14.5. The van der Waals surface area contributed by atoms with Crippen LogP contribution in [0.2, 0.25) is 5.15 Å². The van der Waals surface area contributed by atoms with Crippen LogP contribution in [0.25, 0.3) is 5.69 Å². The summed E-state index contributed by atoms with van der Waals surface area (Å²) in [5.74, 6) is -5.74. The topological polar surface area (TPSA) is 101 Å². The number of carbonyl (C=O) groups excluding carboxylic acids is 1. The molecule has 0 radical (unpaired) electrons. The fourth-order valence-electron chi connectivity index (χ4n) is 4.63. The maximum absolute atomic E-state index is 14.7. The van der Waals surface area contributed by atoms with E-state index in [0.29, 0.717) is 6.07 Å². The summed E-state index contributed by atoms with van der Waals surface area (Å²) in [5.41, 5.74) is -2.55. The highest BCUT2D eigenvalue weighted by molar-refractivity contribution is 7.91. The van der Waals surface area contributed by atoms with Crippen LogP contribution >= 0.6 is 11.6 Å². The van der Waals surface area contributed by atoms with E-state index in [4.69, 9.17) is 11.6 Å². The number of aromatic nitrogens is 2. The SMILES string of the molecule is CCc1nc(C(=O)NCC2(O)CCC(S(C)(=O)=O)CC2)c(Cl)n1-c1ccc(CC(C(F)(F)F)C(F)(F)F)c(F)c1. The van der Waals surface area contributed by atoms with Crippen molar-refractivity contribution in [2.75, 3.05) is 12.8 Å². The van der Waals surface area contributed by atoms with E-state index >= 15 is 0 Å². The van der Waals surface area contributed by atoms with Crippen molar-refractivity contribution < 1.29 is 49.1 Å². The maximum atomic E-state index is 14.7. The molecule has 0 spiro atoms. The zero-order chi connectivity index (χ0) is 30.3. The fraction of sp³-hybridized carbons (Fsp3) is 0.583. The summed E-state index contributed by atoms with van der Waals surface area (Å²) in [6, 6.07) is 2.56. The first-order valence-electron chi connectivity index (χ1n) is 12.2. The van der Waals surface area contributed by atoms with E-state index in [1.54, 1.807) is 6.92 Å². The molecule has 0 atom stereocenters. The van der Waals surface area contributed by atoms with Crippen LogP contribution in [0.4, 0.5) is 30.7 Å². The average molecular weight is 622 g/mol. The molecule has 0 aliphatic heterocycles. The molecule has 1 heterocycles. The first kappa shape index (κ1) is 32.1. The standard InChI is InChI=1S/C24H27ClF7N3O4S/c1-3-18-34-19(21(36)33-12-22(37)8-6-15(7-9-22)40(2,38)39)20(25)35(18)14-5-4-13(16(26)11-14)10-17(23(27,28)29)24(30,31)32/h4-5,11,15,17,37H,3,6-10,12H2,1-2H3,(H,33,36). The van der Waals surface area contributed by atoms with Crippen LogP contribution in [-0.2, 0) is 22.7 Å². The Morgan fingerprint density at radius 2 is 1.77 bits per heavy atom. The Morgan fingerprint density at radius 1 is 1.20 bits per heavy atom. The third-order valence-corrected chi connectivity index (χ3v) is 9.01. The van der Waals surface area contributed by atoms with Gasteiger partial charge in [0.25, 0.3) is 5.91 Å². The quantitative estimate of drug-likeness (QED) is 0.406. The molecule has 0 unspecified atom stereocenters. The molecule has 1 saturated carbocycles. The molecule has 0 saturated heterocycles. The Labute approximate surface area is 230 Å². The largest absolute Gasteiger partial charge is 0.400 e. The lowest BCUT2D eigenvalue weighted by molar-refractivity contribution is -0.283. The van der Waals surface area contributed by atoms with Gasteiger partial charge in [-0.1, -0.05) is 24.6 Å². The van der Waals surface area contributed by atoms with Crippen molar-refractivity contribution >= 4 is 27.3 Å². The number of sulfone groups is 1. The van der Waals surface area contributed by atoms with Gasteiger partial charge in [0, 0.05) is 19.2 Å². The summed E-state index contributed by atoms with van der Waals surface area (Å²) in [6.07, 6.45) is -10.9. The number of nitrogens with zero attached hydrogens (tertiary/aromatic N) is 2. The number of hydrogen-bond donors (Lipinski definition) is 2. The number of hydrogen-bond acceptors (Lipinski definition) is 5. The van der Waals surface area contributed by atoms with Gasteiger partial charge in [0.05, 0.1) is 16.5 Å². The van der Waals surface area contributed by atoms with Crippen LogP contribution in [-0.4, -0.2) is 65.0 Å². The predicted octanol–water partition coefficient (Wildman–Crippen LogP) is 4.96. The minimum atomic E-state index is -5.63. The Hall–Kier alpha value is -2.39. The van der Waals surface area contributed by atoms with Gasteiger partial charge in [-0.25, -0.2) is 17.8 Å². The normalized spacial score (nSPS) is 20.6. The van der Waals surface area contributed by atoms with Crippen LogP contribution in [0.15, 0.2) is 18.2 Å². The van der Waals surface area contributed by atoms with Crippen molar-refractivity contribution in [3.63, 3.8) is 0 Å². The second kappa shape index (κ2) is 11.5. The summed E-state index contributed by atoms with van der Waals surface area (Å²) >= 11 is 6.35. The number of halogens is 8. The van der Waals surface area contributed by atoms with Gasteiger partial charge >= 0.3 is 12.4 Å². The van der Waals surface area contributed by atoms with Crippen molar-refractivity contribution in [1.29, 1.82) is 0 Å². The van der Waals surface area contributed by atoms with Crippen LogP contribution in [0, 0.1) is 11.7 Å². The van der Waals surface area contributed by atoms with Gasteiger partial charge < -0.3 is 10.4 Å². The molecule has 40 heavy (non-hydrogen) atoms. The first-order chi connectivity index (χ1) is 18.3. The number of nitrogens with one attached hydrogen (secondary N) is 1. The van der Waals surface area contributed by atoms with E-state index < -0.39 is 62.7 Å². The van der Waals surface area contributed by atoms with Crippen molar-refractivity contribution in [2.45, 2.75) is 68.7 Å². The van der Waals surface area contributed by atoms with E-state index in [9.17, 15) is 49.1 Å². The van der Waals surface area contributed by atoms with Gasteiger partial charge in [0.2, 0.25) is 0 Å². The number of carbonyl (C=O) groups is 1. The Balaban J connectivity index is 1.80. The summed E-state index contributed by atoms with van der Waals surface area (Å²) in [5, 5.41) is 12.4. The minimum absolute atomic E-state index is 0.0806. The number of aryl methyl sites for hydroxylation is 1. The van der Waals surface area contributed by atoms with Gasteiger partial charge in [0.15, 0.2) is 11.6 Å². The third-order valence-electron chi connectivity index (χ3n) is 6.98. The van der Waals surface area contributed by atoms with E-state index in [1.165, 1.54) is 0 Å². The lowest BCUT2D eigenvalue weighted by atomic mass is 9.84. The molecule has 1 aromatic heterocycles. The minimum Gasteiger partial charge on any atom is -0.388 e. The van der Waals surface area contributed by atoms with Gasteiger partial charge in [-0.2, -0.15) is 26.3 Å². The molecule has 2 aromatic rings. The summed E-state index contributed by atoms with van der Waals surface area (Å²) in [6.45, 7) is 1.40. The zero-order valence-electron chi connectivity index (χ0n) is 21.3. The van der Waals surface area contributed by atoms with Gasteiger partial charge in [0.1, 0.15) is 26.6 Å². The van der Waals surface area contributed by atoms with Crippen molar-refractivity contribution in [3.05, 3.63) is 46.3 Å². The highest BCUT2D eigenvalue weighted by atomic mass is 35.5. The van der Waals surface area contributed by atoms with E-state index in [0.717, 1.165) is 23.0 Å². The monoisotopic (exact) mass is 621 g/mol. The number of imidazole rings is 1. The Morgan fingerprint density at radius 3 is 2.25 bits per heavy atom. The molecule has 0 bridgehead atoms. The van der Waals surface area contributed by atoms with E-state index in [-0.39, 0.29) is 61.0 Å². The molecule has 2 N–H and O–H groups in total. The molecule has 1 aliphatic carbocycles. The fourth-order valence-corrected chi connectivity index (χ4v) is 6.04. The molecule has 7 nitrogen and oxygen atoms in total. The molecule has 1 amide bonds. The molecule has 1 fully saturated rings. The highest BCUT2D eigenvalue weighted by Crippen LogP contribution is 2.41. The van der Waals surface area contributed by atoms with Crippen molar-refractivity contribution in [2.24, 2.45) is 5.92 Å². The molecule has 1 aromatic carbocycles. The lowest BCUT2D eigenvalue weighted by Gasteiger charge is -2.35. The van der Waals surface area contributed by atoms with Crippen LogP contribution in [0.5, 0.6) is 0 Å². The van der Waals surface area contributed by atoms with Crippen LogP contribution in [0.3, 0.4) is 0 Å². The number of alkyl halides is 6. The Bertz CT molecular complexity index is 1340. The van der Waals surface area contributed by atoms with Crippen molar-refractivity contribution in [1.82, 2.24) is 14.9 Å². The zero-order valence-corrected chi connectivity index (χ0v) is 22.9. The molecule has 224 valence electrons. The smallest absolute Gasteiger partial charge is 0.388 e. The van der Waals surface area contributed by atoms with Crippen LogP contribution < -0.4 is 5.32 Å².